The van der Waals surface area contributed by atoms with E-state index in [0.29, 0.717) is 10.2 Å². The van der Waals surface area contributed by atoms with Gasteiger partial charge in [0.05, 0.1) is 11.9 Å². The summed E-state index contributed by atoms with van der Waals surface area (Å²) in [5.41, 5.74) is 0.444. The van der Waals surface area contributed by atoms with Gasteiger partial charge in [0.2, 0.25) is 5.95 Å². The predicted molar refractivity (Wildman–Crippen MR) is 59.4 cm³/mol. The van der Waals surface area contributed by atoms with Gasteiger partial charge >= 0.3 is 0 Å². The second-order valence-corrected chi connectivity index (χ2v) is 3.80. The Morgan fingerprint density at radius 2 is 2.06 bits per heavy atom. The fraction of sp³-hybridized carbons (Fsp3) is 0. The lowest BCUT2D eigenvalue weighted by molar-refractivity contribution is 0.583. The highest BCUT2D eigenvalue weighted by molar-refractivity contribution is 9.10. The van der Waals surface area contributed by atoms with Crippen LogP contribution in [0.3, 0.4) is 0 Å². The first-order valence-electron chi connectivity index (χ1n) is 4.35. The standard InChI is InChI=1S/C10H6BrF2N3/c11-6-4-9(13)15-5-8(6)16-10-7(12)2-1-3-14-10/h1-5H,(H,14,16). The van der Waals surface area contributed by atoms with Crippen LogP contribution in [0, 0.1) is 11.8 Å². The Morgan fingerprint density at radius 3 is 2.75 bits per heavy atom. The molecule has 2 rings (SSSR count). The summed E-state index contributed by atoms with van der Waals surface area (Å²) < 4.78 is 26.4. The van der Waals surface area contributed by atoms with Gasteiger partial charge in [0.1, 0.15) is 0 Å². The minimum atomic E-state index is -0.612. The van der Waals surface area contributed by atoms with Gasteiger partial charge in [-0.05, 0) is 28.1 Å². The quantitative estimate of drug-likeness (QED) is 0.861. The third kappa shape index (κ3) is 2.33. The van der Waals surface area contributed by atoms with Crippen LogP contribution < -0.4 is 5.32 Å². The number of nitrogens with one attached hydrogen (secondary N) is 1. The predicted octanol–water partition coefficient (Wildman–Crippen LogP) is 3.26. The molecule has 0 bridgehead atoms. The summed E-state index contributed by atoms with van der Waals surface area (Å²) in [6.07, 6.45) is 2.71. The Labute approximate surface area is 98.7 Å². The molecule has 0 saturated heterocycles. The molecule has 6 heteroatoms. The molecule has 2 heterocycles. The molecule has 0 radical (unpaired) electrons. The van der Waals surface area contributed by atoms with Crippen molar-refractivity contribution in [1.29, 1.82) is 0 Å². The summed E-state index contributed by atoms with van der Waals surface area (Å²) in [4.78, 5) is 7.27. The number of nitrogens with zero attached hydrogens (tertiary/aromatic N) is 2. The zero-order chi connectivity index (χ0) is 11.5. The topological polar surface area (TPSA) is 37.8 Å². The molecule has 2 aromatic rings. The smallest absolute Gasteiger partial charge is 0.214 e. The Balaban J connectivity index is 2.31. The van der Waals surface area contributed by atoms with E-state index in [1.54, 1.807) is 0 Å². The normalized spacial score (nSPS) is 10.2. The van der Waals surface area contributed by atoms with Crippen LogP contribution in [0.15, 0.2) is 35.1 Å². The molecule has 0 aromatic carbocycles. The van der Waals surface area contributed by atoms with E-state index in [4.69, 9.17) is 0 Å². The molecule has 82 valence electrons. The van der Waals surface area contributed by atoms with Gasteiger partial charge in [-0.2, -0.15) is 4.39 Å². The SMILES string of the molecule is Fc1cc(Br)c(Nc2ncccc2F)cn1. The first kappa shape index (κ1) is 10.9. The van der Waals surface area contributed by atoms with E-state index in [1.165, 1.54) is 30.6 Å². The monoisotopic (exact) mass is 285 g/mol. The van der Waals surface area contributed by atoms with Crippen LogP contribution in [0.25, 0.3) is 0 Å². The lowest BCUT2D eigenvalue weighted by Crippen LogP contribution is -1.98. The molecule has 16 heavy (non-hydrogen) atoms. The largest absolute Gasteiger partial charge is 0.336 e. The molecule has 0 spiro atoms. The van der Waals surface area contributed by atoms with Crippen LogP contribution >= 0.6 is 15.9 Å². The van der Waals surface area contributed by atoms with E-state index in [9.17, 15) is 8.78 Å². The fourth-order valence-electron chi connectivity index (χ4n) is 1.10. The summed E-state index contributed by atoms with van der Waals surface area (Å²) in [5.74, 6) is -1.03. The van der Waals surface area contributed by atoms with Crippen molar-refractivity contribution in [2.24, 2.45) is 0 Å². The van der Waals surface area contributed by atoms with Gasteiger partial charge in [-0.1, -0.05) is 0 Å². The van der Waals surface area contributed by atoms with Gasteiger partial charge < -0.3 is 5.32 Å². The molecule has 0 amide bonds. The maximum absolute atomic E-state index is 13.3. The molecule has 0 unspecified atom stereocenters. The van der Waals surface area contributed by atoms with Crippen LogP contribution in [0.4, 0.5) is 20.3 Å². The molecule has 1 N–H and O–H groups in total. The van der Waals surface area contributed by atoms with Crippen molar-refractivity contribution in [3.05, 3.63) is 46.8 Å². The number of halogens is 3. The van der Waals surface area contributed by atoms with Gasteiger partial charge in [-0.25, -0.2) is 14.4 Å². The second kappa shape index (κ2) is 4.52. The minimum absolute atomic E-state index is 0.0663. The van der Waals surface area contributed by atoms with E-state index in [2.05, 4.69) is 31.2 Å². The average molecular weight is 286 g/mol. The molecule has 0 atom stereocenters. The van der Waals surface area contributed by atoms with Crippen LogP contribution in [0.5, 0.6) is 0 Å². The maximum Gasteiger partial charge on any atom is 0.214 e. The average Bonchev–Trinajstić information content (AvgIpc) is 2.25. The molecule has 0 saturated carbocycles. The van der Waals surface area contributed by atoms with Gasteiger partial charge in [-0.15, -0.1) is 0 Å². The van der Waals surface area contributed by atoms with Crippen LogP contribution in [0.2, 0.25) is 0 Å². The zero-order valence-corrected chi connectivity index (χ0v) is 9.50. The van der Waals surface area contributed by atoms with E-state index in [0.717, 1.165) is 0 Å². The van der Waals surface area contributed by atoms with Crippen LogP contribution in [0.1, 0.15) is 0 Å². The van der Waals surface area contributed by atoms with Crippen molar-refractivity contribution in [1.82, 2.24) is 9.97 Å². The Hall–Kier alpha value is -1.56. The van der Waals surface area contributed by atoms with Crippen molar-refractivity contribution >= 4 is 27.4 Å². The summed E-state index contributed by atoms with van der Waals surface area (Å²) >= 11 is 3.14. The fourth-order valence-corrected chi connectivity index (χ4v) is 1.50. The van der Waals surface area contributed by atoms with Crippen LogP contribution in [-0.2, 0) is 0 Å². The van der Waals surface area contributed by atoms with Gasteiger partial charge in [0, 0.05) is 16.7 Å². The Bertz CT molecular complexity index is 519. The van der Waals surface area contributed by atoms with E-state index >= 15 is 0 Å². The highest BCUT2D eigenvalue weighted by Gasteiger charge is 2.06. The van der Waals surface area contributed by atoms with Crippen molar-refractivity contribution in [2.75, 3.05) is 5.32 Å². The molecule has 0 aliphatic heterocycles. The molecule has 0 fully saturated rings. The van der Waals surface area contributed by atoms with Crippen molar-refractivity contribution in [3.63, 3.8) is 0 Å². The van der Waals surface area contributed by atoms with E-state index in [1.807, 2.05) is 0 Å². The summed E-state index contributed by atoms with van der Waals surface area (Å²) in [6, 6.07) is 3.95. The lowest BCUT2D eigenvalue weighted by Gasteiger charge is -2.07. The van der Waals surface area contributed by atoms with Gasteiger partial charge in [0.15, 0.2) is 11.6 Å². The minimum Gasteiger partial charge on any atom is -0.336 e. The Morgan fingerprint density at radius 1 is 1.25 bits per heavy atom. The number of hydrogen-bond donors (Lipinski definition) is 1. The maximum atomic E-state index is 13.3. The Kier molecular flexibility index (Phi) is 3.09. The van der Waals surface area contributed by atoms with Gasteiger partial charge in [0.25, 0.3) is 0 Å². The molecule has 0 aliphatic rings. The van der Waals surface area contributed by atoms with Crippen molar-refractivity contribution < 1.29 is 8.78 Å². The highest BCUT2D eigenvalue weighted by Crippen LogP contribution is 2.25. The molecular formula is C10H6BrF2N3. The first-order valence-corrected chi connectivity index (χ1v) is 5.14. The third-order valence-corrected chi connectivity index (χ3v) is 2.49. The summed E-state index contributed by atoms with van der Waals surface area (Å²) in [7, 11) is 0. The summed E-state index contributed by atoms with van der Waals surface area (Å²) in [5, 5.41) is 2.71. The number of rotatable bonds is 2. The van der Waals surface area contributed by atoms with Gasteiger partial charge in [-0.3, -0.25) is 0 Å². The lowest BCUT2D eigenvalue weighted by atomic mass is 10.4. The number of pyridine rings is 2. The second-order valence-electron chi connectivity index (χ2n) is 2.95. The van der Waals surface area contributed by atoms with E-state index < -0.39 is 11.8 Å². The van der Waals surface area contributed by atoms with Crippen molar-refractivity contribution in [2.45, 2.75) is 0 Å². The summed E-state index contributed by atoms with van der Waals surface area (Å²) in [6.45, 7) is 0. The zero-order valence-electron chi connectivity index (χ0n) is 7.92. The molecule has 3 nitrogen and oxygen atoms in total. The highest BCUT2D eigenvalue weighted by atomic mass is 79.9. The molecule has 0 aliphatic carbocycles. The first-order chi connectivity index (χ1) is 7.66. The number of hydrogen-bond acceptors (Lipinski definition) is 3. The van der Waals surface area contributed by atoms with E-state index in [-0.39, 0.29) is 5.82 Å². The molecular weight excluding hydrogens is 280 g/mol. The molecule has 2 aromatic heterocycles. The number of anilines is 2. The number of aromatic nitrogens is 2. The van der Waals surface area contributed by atoms with Crippen LogP contribution in [-0.4, -0.2) is 9.97 Å². The van der Waals surface area contributed by atoms with Crippen molar-refractivity contribution in [3.8, 4) is 0 Å². The third-order valence-electron chi connectivity index (χ3n) is 1.83.